The number of hydrogen-bond acceptors (Lipinski definition) is 5. The lowest BCUT2D eigenvalue weighted by atomic mass is 10.1. The molecule has 3 rings (SSSR count). The molecule has 0 aliphatic carbocycles. The first-order chi connectivity index (χ1) is 14.0. The Bertz CT molecular complexity index is 1270. The summed E-state index contributed by atoms with van der Waals surface area (Å²) in [6.45, 7) is 3.35. The lowest BCUT2D eigenvalue weighted by Gasteiger charge is -2.17. The Hall–Kier alpha value is -2.89. The molecule has 1 amide bonds. The molecule has 0 saturated heterocycles. The second kappa shape index (κ2) is 7.74. The number of para-hydroxylation sites is 1. The standard InChI is InChI=1S/C19H17ClFN4O4S/c1-3-19(26)25(2,27)18-11-16(12-8-9-14(21)13(20)10-12)24(23-18)15-6-4-5-7-17(15)30(22,28)29/h3-11,27H,1H2,2H3,(H2,22,28,29)/q+1. The molecule has 0 fully saturated rings. The van der Waals surface area contributed by atoms with Crippen LogP contribution in [-0.2, 0) is 14.8 Å². The van der Waals surface area contributed by atoms with Gasteiger partial charge < -0.3 is 0 Å². The third-order valence-corrected chi connectivity index (χ3v) is 5.61. The number of carbonyl (C=O) groups is 1. The van der Waals surface area contributed by atoms with Crippen LogP contribution in [0.5, 0.6) is 0 Å². The molecule has 0 bridgehead atoms. The molecule has 3 N–H and O–H groups in total. The summed E-state index contributed by atoms with van der Waals surface area (Å²) in [5.74, 6) is -1.57. The van der Waals surface area contributed by atoms with Crippen molar-refractivity contribution in [2.24, 2.45) is 5.14 Å². The number of sulfonamides is 1. The van der Waals surface area contributed by atoms with Crippen molar-refractivity contribution in [2.45, 2.75) is 4.90 Å². The van der Waals surface area contributed by atoms with E-state index in [4.69, 9.17) is 16.7 Å². The number of benzene rings is 2. The minimum atomic E-state index is -4.14. The van der Waals surface area contributed by atoms with Crippen molar-refractivity contribution < 1.29 is 22.8 Å². The summed E-state index contributed by atoms with van der Waals surface area (Å²) < 4.78 is 37.7. The Balaban J connectivity index is 2.36. The fourth-order valence-corrected chi connectivity index (χ4v) is 3.68. The average molecular weight is 452 g/mol. The van der Waals surface area contributed by atoms with Gasteiger partial charge in [-0.1, -0.05) is 35.0 Å². The number of amides is 1. The molecular formula is C19H17ClFN4O4S+. The van der Waals surface area contributed by atoms with Crippen LogP contribution in [-0.4, -0.2) is 36.4 Å². The van der Waals surface area contributed by atoms with Crippen LogP contribution in [0.1, 0.15) is 0 Å². The molecule has 0 radical (unpaired) electrons. The highest BCUT2D eigenvalue weighted by atomic mass is 35.5. The SMILES string of the molecule is C=CC(=O)[N+](C)(O)c1cc(-c2ccc(F)c(Cl)c2)n(-c2ccccc2S(N)(=O)=O)n1. The number of carbonyl (C=O) groups excluding carboxylic acids is 1. The Morgan fingerprint density at radius 1 is 1.30 bits per heavy atom. The molecule has 11 heteroatoms. The fourth-order valence-electron chi connectivity index (χ4n) is 2.79. The van der Waals surface area contributed by atoms with Gasteiger partial charge >= 0.3 is 5.91 Å². The van der Waals surface area contributed by atoms with Crippen molar-refractivity contribution in [3.05, 3.63) is 72.0 Å². The summed E-state index contributed by atoms with van der Waals surface area (Å²) in [5, 5.41) is 20.0. The third-order valence-electron chi connectivity index (χ3n) is 4.36. The van der Waals surface area contributed by atoms with Crippen LogP contribution in [0.2, 0.25) is 5.02 Å². The van der Waals surface area contributed by atoms with Gasteiger partial charge in [-0.25, -0.2) is 32.6 Å². The molecular weight excluding hydrogens is 435 g/mol. The summed E-state index contributed by atoms with van der Waals surface area (Å²) in [7, 11) is -2.97. The van der Waals surface area contributed by atoms with Crippen molar-refractivity contribution in [1.29, 1.82) is 0 Å². The van der Waals surface area contributed by atoms with Gasteiger partial charge in [-0.2, -0.15) is 0 Å². The lowest BCUT2D eigenvalue weighted by molar-refractivity contribution is -0.151. The molecule has 156 valence electrons. The molecule has 0 saturated carbocycles. The minimum absolute atomic E-state index is 0.0627. The van der Waals surface area contributed by atoms with E-state index in [2.05, 4.69) is 11.7 Å². The maximum Gasteiger partial charge on any atom is 0.376 e. The quantitative estimate of drug-likeness (QED) is 0.268. The van der Waals surface area contributed by atoms with Gasteiger partial charge in [0.2, 0.25) is 10.0 Å². The highest BCUT2D eigenvalue weighted by molar-refractivity contribution is 7.89. The van der Waals surface area contributed by atoms with E-state index in [1.165, 1.54) is 48.1 Å². The van der Waals surface area contributed by atoms with E-state index in [9.17, 15) is 22.8 Å². The second-order valence-electron chi connectivity index (χ2n) is 6.44. The monoisotopic (exact) mass is 451 g/mol. The van der Waals surface area contributed by atoms with Gasteiger partial charge in [-0.15, -0.1) is 5.10 Å². The van der Waals surface area contributed by atoms with Gasteiger partial charge in [-0.05, 0) is 30.3 Å². The van der Waals surface area contributed by atoms with Crippen LogP contribution in [0.4, 0.5) is 10.2 Å². The van der Waals surface area contributed by atoms with E-state index in [-0.39, 0.29) is 27.1 Å². The smallest absolute Gasteiger partial charge is 0.226 e. The molecule has 1 atom stereocenters. The van der Waals surface area contributed by atoms with Crippen LogP contribution in [0, 0.1) is 5.82 Å². The zero-order chi connectivity index (χ0) is 22.3. The van der Waals surface area contributed by atoms with E-state index >= 15 is 0 Å². The molecule has 8 nitrogen and oxygen atoms in total. The minimum Gasteiger partial charge on any atom is -0.226 e. The number of aromatic nitrogens is 2. The molecule has 0 aliphatic heterocycles. The highest BCUT2D eigenvalue weighted by Gasteiger charge is 2.36. The summed E-state index contributed by atoms with van der Waals surface area (Å²) in [5.41, 5.74) is 0.654. The molecule has 1 unspecified atom stereocenters. The number of rotatable bonds is 5. The van der Waals surface area contributed by atoms with Gasteiger partial charge in [0.15, 0.2) is 0 Å². The molecule has 0 spiro atoms. The first kappa shape index (κ1) is 21.8. The fraction of sp³-hybridized carbons (Fsp3) is 0.0526. The van der Waals surface area contributed by atoms with Crippen molar-refractivity contribution in [3.63, 3.8) is 0 Å². The van der Waals surface area contributed by atoms with Crippen molar-refractivity contribution >= 4 is 33.3 Å². The molecule has 30 heavy (non-hydrogen) atoms. The Labute approximate surface area is 176 Å². The Morgan fingerprint density at radius 3 is 2.57 bits per heavy atom. The van der Waals surface area contributed by atoms with Crippen molar-refractivity contribution in [1.82, 2.24) is 14.4 Å². The summed E-state index contributed by atoms with van der Waals surface area (Å²) in [6.07, 6.45) is 0.922. The number of nitrogens with zero attached hydrogens (tertiary/aromatic N) is 3. The van der Waals surface area contributed by atoms with Gasteiger partial charge in [-0.3, -0.25) is 0 Å². The Morgan fingerprint density at radius 2 is 1.97 bits per heavy atom. The first-order valence-corrected chi connectivity index (χ1v) is 10.3. The zero-order valence-corrected chi connectivity index (χ0v) is 17.2. The summed E-state index contributed by atoms with van der Waals surface area (Å²) in [6, 6.07) is 11.0. The van der Waals surface area contributed by atoms with Crippen LogP contribution >= 0.6 is 11.6 Å². The van der Waals surface area contributed by atoms with E-state index in [0.29, 0.717) is 5.56 Å². The van der Waals surface area contributed by atoms with E-state index in [1.54, 1.807) is 6.07 Å². The van der Waals surface area contributed by atoms with Gasteiger partial charge in [0, 0.05) is 11.6 Å². The van der Waals surface area contributed by atoms with Crippen LogP contribution in [0.15, 0.2) is 66.1 Å². The molecule has 1 heterocycles. The predicted molar refractivity (Wildman–Crippen MR) is 110 cm³/mol. The number of primary sulfonamides is 1. The van der Waals surface area contributed by atoms with Crippen LogP contribution < -0.4 is 9.79 Å². The third kappa shape index (κ3) is 3.91. The number of halogens is 2. The molecule has 2 aromatic carbocycles. The van der Waals surface area contributed by atoms with Crippen LogP contribution in [0.25, 0.3) is 16.9 Å². The second-order valence-corrected chi connectivity index (χ2v) is 8.38. The Kier molecular flexibility index (Phi) is 5.63. The van der Waals surface area contributed by atoms with Gasteiger partial charge in [0.1, 0.15) is 17.8 Å². The summed E-state index contributed by atoms with van der Waals surface area (Å²) >= 11 is 5.89. The lowest BCUT2D eigenvalue weighted by Crippen LogP contribution is -2.46. The zero-order valence-electron chi connectivity index (χ0n) is 15.7. The number of hydrogen-bond donors (Lipinski definition) is 2. The molecule has 3 aromatic rings. The van der Waals surface area contributed by atoms with Gasteiger partial charge in [0.25, 0.3) is 5.82 Å². The summed E-state index contributed by atoms with van der Waals surface area (Å²) in [4.78, 5) is 11.9. The normalized spacial score (nSPS) is 13.6. The van der Waals surface area contributed by atoms with E-state index < -0.39 is 26.4 Å². The number of quaternary nitrogens is 1. The molecule has 1 aromatic heterocycles. The largest absolute Gasteiger partial charge is 0.376 e. The highest BCUT2D eigenvalue weighted by Crippen LogP contribution is 2.33. The number of hydroxylamine groups is 2. The number of likely N-dealkylation sites (N-methyl/N-ethyl adjacent to an activating group) is 1. The maximum atomic E-state index is 13.7. The maximum absolute atomic E-state index is 13.7. The first-order valence-electron chi connectivity index (χ1n) is 8.41. The molecule has 0 aliphatic rings. The topological polar surface area (TPSA) is 115 Å². The van der Waals surface area contributed by atoms with Crippen molar-refractivity contribution in [2.75, 3.05) is 7.05 Å². The van der Waals surface area contributed by atoms with Crippen molar-refractivity contribution in [3.8, 4) is 16.9 Å². The van der Waals surface area contributed by atoms with Gasteiger partial charge in [0.05, 0.1) is 22.5 Å². The number of nitrogens with two attached hydrogens (primary N) is 1. The average Bonchev–Trinajstić information content (AvgIpc) is 3.15. The van der Waals surface area contributed by atoms with E-state index in [0.717, 1.165) is 12.1 Å². The van der Waals surface area contributed by atoms with E-state index in [1.807, 2.05) is 0 Å². The predicted octanol–water partition coefficient (Wildman–Crippen LogP) is 3.02. The van der Waals surface area contributed by atoms with Crippen LogP contribution in [0.3, 0.4) is 0 Å².